The van der Waals surface area contributed by atoms with Crippen LogP contribution in [-0.4, -0.2) is 54.5 Å². The van der Waals surface area contributed by atoms with Gasteiger partial charge in [0.2, 0.25) is 5.91 Å². The van der Waals surface area contributed by atoms with Crippen LogP contribution in [0.25, 0.3) is 0 Å². The highest BCUT2D eigenvalue weighted by molar-refractivity contribution is 5.75. The summed E-state index contributed by atoms with van der Waals surface area (Å²) in [4.78, 5) is 16.1. The first-order valence-electron chi connectivity index (χ1n) is 6.64. The van der Waals surface area contributed by atoms with E-state index in [0.29, 0.717) is 6.42 Å². The van der Waals surface area contributed by atoms with Gasteiger partial charge >= 0.3 is 0 Å². The van der Waals surface area contributed by atoms with E-state index >= 15 is 0 Å². The van der Waals surface area contributed by atoms with Gasteiger partial charge in [0, 0.05) is 32.1 Å². The van der Waals surface area contributed by atoms with Gasteiger partial charge in [0.25, 0.3) is 0 Å². The second-order valence-corrected chi connectivity index (χ2v) is 5.85. The molecule has 1 fully saturated rings. The summed E-state index contributed by atoms with van der Waals surface area (Å²) in [5.74, 6) is 0.211. The molecule has 0 bridgehead atoms. The number of carbonyl (C=O) groups excluding carboxylic acids is 1. The Bertz CT molecular complexity index is 242. The van der Waals surface area contributed by atoms with Crippen LogP contribution in [-0.2, 0) is 4.79 Å². The lowest BCUT2D eigenvalue weighted by molar-refractivity contribution is -0.130. The van der Waals surface area contributed by atoms with Crippen molar-refractivity contribution in [1.29, 1.82) is 0 Å². The maximum atomic E-state index is 11.8. The zero-order valence-electron chi connectivity index (χ0n) is 11.5. The number of hydrogen-bond acceptors (Lipinski definition) is 3. The number of likely N-dealkylation sites (tertiary alicyclic amines) is 1. The van der Waals surface area contributed by atoms with Crippen LogP contribution >= 0.6 is 0 Å². The van der Waals surface area contributed by atoms with Crippen LogP contribution in [0.15, 0.2) is 0 Å². The average molecular weight is 241 g/mol. The number of hydrogen-bond donors (Lipinski definition) is 1. The van der Waals surface area contributed by atoms with E-state index in [1.165, 1.54) is 25.9 Å². The Morgan fingerprint density at radius 1 is 1.35 bits per heavy atom. The monoisotopic (exact) mass is 241 g/mol. The van der Waals surface area contributed by atoms with E-state index in [4.69, 9.17) is 5.73 Å². The molecule has 1 amide bonds. The molecule has 0 aromatic heterocycles. The molecule has 1 saturated heterocycles. The van der Waals surface area contributed by atoms with E-state index in [0.717, 1.165) is 19.5 Å². The Labute approximate surface area is 105 Å². The minimum atomic E-state index is -0.245. The van der Waals surface area contributed by atoms with Crippen LogP contribution < -0.4 is 5.73 Å². The molecule has 1 aliphatic rings. The number of likely N-dealkylation sites (N-methyl/N-ethyl adjacent to an activating group) is 1. The maximum absolute atomic E-state index is 11.8. The van der Waals surface area contributed by atoms with E-state index in [1.807, 2.05) is 25.8 Å². The predicted octanol–water partition coefficient (Wildman–Crippen LogP) is 1.06. The van der Waals surface area contributed by atoms with Gasteiger partial charge in [0.15, 0.2) is 0 Å². The Morgan fingerprint density at radius 3 is 2.47 bits per heavy atom. The highest BCUT2D eigenvalue weighted by atomic mass is 16.2. The van der Waals surface area contributed by atoms with Crippen LogP contribution in [0.4, 0.5) is 0 Å². The summed E-state index contributed by atoms with van der Waals surface area (Å²) < 4.78 is 0. The predicted molar refractivity (Wildman–Crippen MR) is 70.8 cm³/mol. The van der Waals surface area contributed by atoms with Gasteiger partial charge in [-0.3, -0.25) is 4.79 Å². The van der Waals surface area contributed by atoms with Crippen LogP contribution in [0.2, 0.25) is 0 Å². The molecule has 1 rings (SSSR count). The van der Waals surface area contributed by atoms with Crippen molar-refractivity contribution in [3.63, 3.8) is 0 Å². The molecule has 0 aliphatic carbocycles. The number of amides is 1. The summed E-state index contributed by atoms with van der Waals surface area (Å²) in [6.45, 7) is 8.16. The van der Waals surface area contributed by atoms with Crippen molar-refractivity contribution in [2.24, 2.45) is 5.73 Å². The first-order chi connectivity index (χ1) is 7.88. The summed E-state index contributed by atoms with van der Waals surface area (Å²) in [5.41, 5.74) is 5.63. The van der Waals surface area contributed by atoms with Gasteiger partial charge in [-0.15, -0.1) is 0 Å². The fourth-order valence-electron chi connectivity index (χ4n) is 2.04. The molecule has 0 atom stereocenters. The van der Waals surface area contributed by atoms with Crippen molar-refractivity contribution in [2.45, 2.75) is 45.1 Å². The van der Waals surface area contributed by atoms with Gasteiger partial charge in [-0.05, 0) is 46.2 Å². The van der Waals surface area contributed by atoms with Gasteiger partial charge in [-0.25, -0.2) is 0 Å². The molecular weight excluding hydrogens is 214 g/mol. The largest absolute Gasteiger partial charge is 0.344 e. The van der Waals surface area contributed by atoms with E-state index in [-0.39, 0.29) is 11.4 Å². The lowest BCUT2D eigenvalue weighted by atomic mass is 10.00. The molecule has 4 nitrogen and oxygen atoms in total. The van der Waals surface area contributed by atoms with Crippen LogP contribution in [0.5, 0.6) is 0 Å². The molecule has 0 aromatic rings. The SMILES string of the molecule is CN(CCN1CCCC1)C(=O)CCC(C)(C)N. The molecule has 1 aliphatic heterocycles. The van der Waals surface area contributed by atoms with Crippen molar-refractivity contribution >= 4 is 5.91 Å². The smallest absolute Gasteiger partial charge is 0.222 e. The summed E-state index contributed by atoms with van der Waals surface area (Å²) in [6, 6.07) is 0. The second-order valence-electron chi connectivity index (χ2n) is 5.85. The van der Waals surface area contributed by atoms with Crippen molar-refractivity contribution in [3.8, 4) is 0 Å². The molecule has 0 spiro atoms. The Hall–Kier alpha value is -0.610. The van der Waals surface area contributed by atoms with Gasteiger partial charge in [0.05, 0.1) is 0 Å². The molecule has 0 aromatic carbocycles. The highest BCUT2D eigenvalue weighted by Crippen LogP contribution is 2.09. The quantitative estimate of drug-likeness (QED) is 0.756. The van der Waals surface area contributed by atoms with E-state index in [1.54, 1.807) is 0 Å². The molecule has 4 heteroatoms. The fourth-order valence-corrected chi connectivity index (χ4v) is 2.04. The third-order valence-electron chi connectivity index (χ3n) is 3.36. The molecule has 2 N–H and O–H groups in total. The maximum Gasteiger partial charge on any atom is 0.222 e. The minimum absolute atomic E-state index is 0.211. The lowest BCUT2D eigenvalue weighted by Gasteiger charge is -2.23. The van der Waals surface area contributed by atoms with E-state index < -0.39 is 0 Å². The minimum Gasteiger partial charge on any atom is -0.344 e. The summed E-state index contributed by atoms with van der Waals surface area (Å²) in [7, 11) is 1.89. The number of nitrogens with two attached hydrogens (primary N) is 1. The van der Waals surface area contributed by atoms with Crippen LogP contribution in [0.1, 0.15) is 39.5 Å². The van der Waals surface area contributed by atoms with Crippen LogP contribution in [0, 0.1) is 0 Å². The molecule has 100 valence electrons. The average Bonchev–Trinajstić information content (AvgIpc) is 2.74. The van der Waals surface area contributed by atoms with Crippen molar-refractivity contribution in [1.82, 2.24) is 9.80 Å². The molecule has 0 radical (unpaired) electrons. The Balaban J connectivity index is 2.17. The molecular formula is C13H27N3O. The Morgan fingerprint density at radius 2 is 1.94 bits per heavy atom. The molecule has 1 heterocycles. The first kappa shape index (κ1) is 14.5. The van der Waals surface area contributed by atoms with Crippen LogP contribution in [0.3, 0.4) is 0 Å². The molecule has 0 unspecified atom stereocenters. The number of nitrogens with zero attached hydrogens (tertiary/aromatic N) is 2. The van der Waals surface area contributed by atoms with Gasteiger partial charge in [-0.2, -0.15) is 0 Å². The summed E-state index contributed by atoms with van der Waals surface area (Å²) in [6.07, 6.45) is 3.91. The first-order valence-corrected chi connectivity index (χ1v) is 6.64. The third kappa shape index (κ3) is 6.03. The third-order valence-corrected chi connectivity index (χ3v) is 3.36. The van der Waals surface area contributed by atoms with Crippen molar-refractivity contribution < 1.29 is 4.79 Å². The van der Waals surface area contributed by atoms with Gasteiger partial charge in [0.1, 0.15) is 0 Å². The van der Waals surface area contributed by atoms with Gasteiger partial charge < -0.3 is 15.5 Å². The number of rotatable bonds is 6. The highest BCUT2D eigenvalue weighted by Gasteiger charge is 2.17. The standard InChI is InChI=1S/C13H27N3O/c1-13(2,14)7-6-12(17)15(3)10-11-16-8-4-5-9-16/h4-11,14H2,1-3H3. The van der Waals surface area contributed by atoms with Crippen molar-refractivity contribution in [2.75, 3.05) is 33.2 Å². The Kier molecular flexibility index (Phi) is 5.40. The normalized spacial score (nSPS) is 17.4. The van der Waals surface area contributed by atoms with Gasteiger partial charge in [-0.1, -0.05) is 0 Å². The summed E-state index contributed by atoms with van der Waals surface area (Å²) in [5, 5.41) is 0. The lowest BCUT2D eigenvalue weighted by Crippen LogP contribution is -2.37. The molecule has 0 saturated carbocycles. The summed E-state index contributed by atoms with van der Waals surface area (Å²) >= 11 is 0. The fraction of sp³-hybridized carbons (Fsp3) is 0.923. The molecule has 17 heavy (non-hydrogen) atoms. The number of carbonyl (C=O) groups is 1. The van der Waals surface area contributed by atoms with E-state index in [9.17, 15) is 4.79 Å². The second kappa shape index (κ2) is 6.36. The zero-order chi connectivity index (χ0) is 12.9. The van der Waals surface area contributed by atoms with E-state index in [2.05, 4.69) is 4.90 Å². The van der Waals surface area contributed by atoms with Crippen molar-refractivity contribution in [3.05, 3.63) is 0 Å². The zero-order valence-corrected chi connectivity index (χ0v) is 11.5. The topological polar surface area (TPSA) is 49.6 Å².